The third-order valence-corrected chi connectivity index (χ3v) is 11.6. The van der Waals surface area contributed by atoms with Gasteiger partial charge in [-0.2, -0.15) is 0 Å². The first-order chi connectivity index (χ1) is 17.0. The molecule has 1 aromatic rings. The molecule has 5 rings (SSSR count). The minimum absolute atomic E-state index is 0.0705. The van der Waals surface area contributed by atoms with Crippen LogP contribution in [-0.4, -0.2) is 5.78 Å². The number of hydrogen-bond donors (Lipinski definition) is 0. The van der Waals surface area contributed by atoms with E-state index in [0.29, 0.717) is 11.3 Å². The molecular weight excluding hydrogens is 440 g/mol. The van der Waals surface area contributed by atoms with Gasteiger partial charge in [0, 0.05) is 11.0 Å². The van der Waals surface area contributed by atoms with Gasteiger partial charge in [-0.3, -0.25) is 4.79 Å². The van der Waals surface area contributed by atoms with Crippen LogP contribution in [0.15, 0.2) is 40.0 Å². The third-order valence-electron chi connectivity index (χ3n) is 11.6. The molecule has 3 fully saturated rings. The van der Waals surface area contributed by atoms with E-state index in [1.165, 1.54) is 56.9 Å². The van der Waals surface area contributed by atoms with Crippen LogP contribution in [0.3, 0.4) is 0 Å². The zero-order valence-electron chi connectivity index (χ0n) is 24.0. The van der Waals surface area contributed by atoms with Crippen LogP contribution in [0.5, 0.6) is 0 Å². The fourth-order valence-corrected chi connectivity index (χ4v) is 9.98. The summed E-state index contributed by atoms with van der Waals surface area (Å²) >= 11 is 0. The fourth-order valence-electron chi connectivity index (χ4n) is 9.98. The molecule has 2 nitrogen and oxygen atoms in total. The molecule has 2 heteroatoms. The second-order valence-electron chi connectivity index (χ2n) is 14.5. The van der Waals surface area contributed by atoms with Crippen molar-refractivity contribution in [3.63, 3.8) is 0 Å². The zero-order valence-corrected chi connectivity index (χ0v) is 24.0. The van der Waals surface area contributed by atoms with Crippen molar-refractivity contribution >= 4 is 11.9 Å². The van der Waals surface area contributed by atoms with E-state index in [1.807, 2.05) is 18.2 Å². The average Bonchev–Trinajstić information content (AvgIpc) is 3.44. The van der Waals surface area contributed by atoms with Crippen LogP contribution in [0.1, 0.15) is 112 Å². The monoisotopic (exact) mass is 490 g/mol. The lowest BCUT2D eigenvalue weighted by atomic mass is 9.44. The molecule has 0 saturated heterocycles. The van der Waals surface area contributed by atoms with E-state index in [1.54, 1.807) is 6.26 Å². The van der Waals surface area contributed by atoms with Gasteiger partial charge >= 0.3 is 0 Å². The Hall–Kier alpha value is -1.57. The maximum absolute atomic E-state index is 13.7. The van der Waals surface area contributed by atoms with Crippen molar-refractivity contribution in [1.82, 2.24) is 0 Å². The van der Waals surface area contributed by atoms with Gasteiger partial charge in [-0.25, -0.2) is 0 Å². The molecule has 198 valence electrons. The van der Waals surface area contributed by atoms with Crippen molar-refractivity contribution in [1.29, 1.82) is 0 Å². The van der Waals surface area contributed by atoms with Crippen LogP contribution in [0.2, 0.25) is 0 Å². The predicted octanol–water partition coefficient (Wildman–Crippen LogP) is 9.52. The molecule has 0 aromatic carbocycles. The second kappa shape index (κ2) is 9.32. The topological polar surface area (TPSA) is 30.2 Å². The van der Waals surface area contributed by atoms with Gasteiger partial charge in [0.1, 0.15) is 5.76 Å². The van der Waals surface area contributed by atoms with Crippen LogP contribution >= 0.6 is 0 Å². The standard InChI is InChI=1S/C34H50O2/c1-22(2)10-8-11-23(3)27-14-15-28-26-13-16-30-32(4,5)31(35)24(20-25-12-9-19-36-25)21-34(30,7)29(26)17-18-33(27,28)6/h9,12,16,19-20,22-23,26-29H,8,10-11,13-15,17-18,21H2,1-7H3. The molecule has 7 atom stereocenters. The Kier molecular flexibility index (Phi) is 6.74. The highest BCUT2D eigenvalue weighted by atomic mass is 16.3. The summed E-state index contributed by atoms with van der Waals surface area (Å²) in [7, 11) is 0. The van der Waals surface area contributed by atoms with Gasteiger partial charge in [0.25, 0.3) is 0 Å². The van der Waals surface area contributed by atoms with Crippen molar-refractivity contribution in [2.24, 2.45) is 51.8 Å². The molecular formula is C34H50O2. The minimum Gasteiger partial charge on any atom is -0.465 e. The second-order valence-corrected chi connectivity index (χ2v) is 14.5. The summed E-state index contributed by atoms with van der Waals surface area (Å²) in [6.45, 7) is 16.8. The van der Waals surface area contributed by atoms with E-state index in [2.05, 4.69) is 54.5 Å². The number of allylic oxidation sites excluding steroid dienone is 3. The SMILES string of the molecule is CC(C)CCCC(C)C1CCC2C3CC=C4C(C)(C)C(=O)C(=Cc5ccco5)CC4(C)C3CCC12C. The Labute approximate surface area is 220 Å². The Bertz CT molecular complexity index is 1020. The van der Waals surface area contributed by atoms with Crippen LogP contribution in [0, 0.1) is 51.8 Å². The van der Waals surface area contributed by atoms with Crippen molar-refractivity contribution < 1.29 is 9.21 Å². The van der Waals surface area contributed by atoms with Crippen molar-refractivity contribution in [2.45, 2.75) is 106 Å². The summed E-state index contributed by atoms with van der Waals surface area (Å²) in [4.78, 5) is 13.7. The van der Waals surface area contributed by atoms with E-state index < -0.39 is 5.41 Å². The molecule has 36 heavy (non-hydrogen) atoms. The molecule has 7 unspecified atom stereocenters. The first kappa shape index (κ1) is 26.1. The Morgan fingerprint density at radius 1 is 1.06 bits per heavy atom. The highest BCUT2D eigenvalue weighted by molar-refractivity contribution is 6.06. The molecule has 0 radical (unpaired) electrons. The van der Waals surface area contributed by atoms with Crippen LogP contribution in [0.4, 0.5) is 0 Å². The van der Waals surface area contributed by atoms with Gasteiger partial charge in [-0.1, -0.05) is 65.5 Å². The number of rotatable bonds is 6. The molecule has 0 bridgehead atoms. The van der Waals surface area contributed by atoms with Crippen molar-refractivity contribution in [2.75, 3.05) is 0 Å². The Morgan fingerprint density at radius 3 is 2.53 bits per heavy atom. The zero-order chi connectivity index (χ0) is 25.9. The van der Waals surface area contributed by atoms with E-state index in [-0.39, 0.29) is 11.2 Å². The first-order valence-electron chi connectivity index (χ1n) is 15.0. The largest absolute Gasteiger partial charge is 0.465 e. The lowest BCUT2D eigenvalue weighted by Gasteiger charge is -2.60. The van der Waals surface area contributed by atoms with E-state index in [0.717, 1.165) is 47.3 Å². The molecule has 0 aliphatic heterocycles. The Morgan fingerprint density at radius 2 is 1.83 bits per heavy atom. The lowest BCUT2D eigenvalue weighted by Crippen LogP contribution is -2.54. The highest BCUT2D eigenvalue weighted by Crippen LogP contribution is 2.69. The molecule has 1 heterocycles. The average molecular weight is 491 g/mol. The third kappa shape index (κ3) is 4.10. The summed E-state index contributed by atoms with van der Waals surface area (Å²) < 4.78 is 5.63. The van der Waals surface area contributed by atoms with Crippen LogP contribution < -0.4 is 0 Å². The van der Waals surface area contributed by atoms with Crippen molar-refractivity contribution in [3.05, 3.63) is 41.4 Å². The normalized spacial score (nSPS) is 39.5. The highest BCUT2D eigenvalue weighted by Gasteiger charge is 2.61. The van der Waals surface area contributed by atoms with E-state index >= 15 is 0 Å². The first-order valence-corrected chi connectivity index (χ1v) is 15.0. The predicted molar refractivity (Wildman–Crippen MR) is 149 cm³/mol. The van der Waals surface area contributed by atoms with E-state index in [4.69, 9.17) is 4.42 Å². The number of Topliss-reactive ketones (excluding diaryl/α,β-unsaturated/α-hetero) is 1. The quantitative estimate of drug-likeness (QED) is 0.293. The number of hydrogen-bond acceptors (Lipinski definition) is 2. The summed E-state index contributed by atoms with van der Waals surface area (Å²) in [5.74, 6) is 5.92. The maximum atomic E-state index is 13.7. The van der Waals surface area contributed by atoms with Gasteiger partial charge in [0.05, 0.1) is 6.26 Å². The minimum atomic E-state index is -0.430. The molecule has 0 spiro atoms. The fraction of sp³-hybridized carbons (Fsp3) is 0.735. The lowest BCUT2D eigenvalue weighted by molar-refractivity contribution is -0.126. The summed E-state index contributed by atoms with van der Waals surface area (Å²) in [6.07, 6.45) is 18.0. The number of ketones is 1. The van der Waals surface area contributed by atoms with Gasteiger partial charge in [0.15, 0.2) is 5.78 Å². The molecule has 0 N–H and O–H groups in total. The summed E-state index contributed by atoms with van der Waals surface area (Å²) in [6, 6.07) is 3.88. The van der Waals surface area contributed by atoms with Gasteiger partial charge in [-0.05, 0) is 117 Å². The number of furan rings is 1. The van der Waals surface area contributed by atoms with Gasteiger partial charge in [-0.15, -0.1) is 0 Å². The Balaban J connectivity index is 1.42. The molecule has 0 amide bonds. The van der Waals surface area contributed by atoms with Gasteiger partial charge in [0.2, 0.25) is 0 Å². The summed E-state index contributed by atoms with van der Waals surface area (Å²) in [5.41, 5.74) is 2.53. The molecule has 4 aliphatic carbocycles. The molecule has 4 aliphatic rings. The molecule has 3 saturated carbocycles. The van der Waals surface area contributed by atoms with Crippen LogP contribution in [-0.2, 0) is 4.79 Å². The smallest absolute Gasteiger partial charge is 0.168 e. The van der Waals surface area contributed by atoms with Gasteiger partial charge < -0.3 is 4.42 Å². The number of carbonyl (C=O) groups excluding carboxylic acids is 1. The number of fused-ring (bicyclic) bond motifs is 5. The van der Waals surface area contributed by atoms with Crippen LogP contribution in [0.25, 0.3) is 6.08 Å². The van der Waals surface area contributed by atoms with E-state index in [9.17, 15) is 4.79 Å². The maximum Gasteiger partial charge on any atom is 0.168 e. The van der Waals surface area contributed by atoms with Crippen molar-refractivity contribution in [3.8, 4) is 0 Å². The number of carbonyl (C=O) groups is 1. The summed E-state index contributed by atoms with van der Waals surface area (Å²) in [5, 5.41) is 0. The molecule has 1 aromatic heterocycles.